The van der Waals surface area contributed by atoms with E-state index in [0.29, 0.717) is 5.54 Å². The summed E-state index contributed by atoms with van der Waals surface area (Å²) >= 11 is 2.09. The second-order valence-corrected chi connectivity index (χ2v) is 5.71. The zero-order valence-electron chi connectivity index (χ0n) is 8.46. The third-order valence-electron chi connectivity index (χ3n) is 3.75. The van der Waals surface area contributed by atoms with Crippen LogP contribution in [-0.2, 0) is 0 Å². The van der Waals surface area contributed by atoms with E-state index in [4.69, 9.17) is 5.73 Å². The Hall–Kier alpha value is 0.270. The maximum absolute atomic E-state index is 5.98. The van der Waals surface area contributed by atoms with Gasteiger partial charge in [0.25, 0.3) is 0 Å². The first-order valence-electron chi connectivity index (χ1n) is 5.36. The minimum atomic E-state index is 0.348. The van der Waals surface area contributed by atoms with Crippen molar-refractivity contribution in [1.29, 1.82) is 0 Å². The van der Waals surface area contributed by atoms with Crippen LogP contribution in [0.5, 0.6) is 0 Å². The second-order valence-electron chi connectivity index (χ2n) is 4.26. The lowest BCUT2D eigenvalue weighted by Gasteiger charge is -2.40. The first-order valence-corrected chi connectivity index (χ1v) is 6.41. The van der Waals surface area contributed by atoms with Crippen LogP contribution >= 0.6 is 11.8 Å². The highest BCUT2D eigenvalue weighted by Crippen LogP contribution is 2.40. The third-order valence-corrected chi connectivity index (χ3v) is 5.13. The zero-order chi connectivity index (χ0) is 9.31. The SMILES string of the molecule is CC1SCCC1(CN)N1CCCC1. The Balaban J connectivity index is 2.13. The maximum Gasteiger partial charge on any atom is 0.0455 e. The fourth-order valence-electron chi connectivity index (χ4n) is 2.75. The Kier molecular flexibility index (Phi) is 2.86. The maximum atomic E-state index is 5.98. The van der Waals surface area contributed by atoms with E-state index in [2.05, 4.69) is 23.6 Å². The molecule has 0 aromatic heterocycles. The van der Waals surface area contributed by atoms with Crippen molar-refractivity contribution in [3.63, 3.8) is 0 Å². The van der Waals surface area contributed by atoms with Crippen LogP contribution in [0.15, 0.2) is 0 Å². The molecule has 0 aromatic carbocycles. The molecule has 2 rings (SSSR count). The molecule has 2 heterocycles. The molecule has 2 unspecified atom stereocenters. The highest BCUT2D eigenvalue weighted by atomic mass is 32.2. The van der Waals surface area contributed by atoms with Gasteiger partial charge in [-0.15, -0.1) is 0 Å². The minimum absolute atomic E-state index is 0.348. The molecule has 0 saturated carbocycles. The summed E-state index contributed by atoms with van der Waals surface area (Å²) in [5.41, 5.74) is 6.33. The second kappa shape index (κ2) is 3.79. The van der Waals surface area contributed by atoms with Gasteiger partial charge in [-0.3, -0.25) is 4.90 Å². The monoisotopic (exact) mass is 200 g/mol. The molecular weight excluding hydrogens is 180 g/mol. The standard InChI is InChI=1S/C10H20N2S/c1-9-10(8-11,4-7-13-9)12-5-2-3-6-12/h9H,2-8,11H2,1H3. The van der Waals surface area contributed by atoms with Crippen LogP contribution in [0, 0.1) is 0 Å². The van der Waals surface area contributed by atoms with E-state index in [0.717, 1.165) is 11.8 Å². The summed E-state index contributed by atoms with van der Waals surface area (Å²) in [6.45, 7) is 5.76. The van der Waals surface area contributed by atoms with E-state index in [1.807, 2.05) is 0 Å². The molecule has 0 aliphatic carbocycles. The Labute approximate surface area is 85.2 Å². The van der Waals surface area contributed by atoms with Crippen LogP contribution < -0.4 is 5.73 Å². The van der Waals surface area contributed by atoms with E-state index in [1.165, 1.54) is 38.1 Å². The number of rotatable bonds is 2. The predicted octanol–water partition coefficient (Wildman–Crippen LogP) is 1.31. The van der Waals surface area contributed by atoms with Gasteiger partial charge in [0.1, 0.15) is 0 Å². The van der Waals surface area contributed by atoms with Crippen LogP contribution in [-0.4, -0.2) is 41.1 Å². The third kappa shape index (κ3) is 1.51. The van der Waals surface area contributed by atoms with Crippen molar-refractivity contribution in [3.05, 3.63) is 0 Å². The molecule has 2 aliphatic heterocycles. The van der Waals surface area contributed by atoms with Crippen molar-refractivity contribution in [2.24, 2.45) is 5.73 Å². The molecule has 2 fully saturated rings. The highest BCUT2D eigenvalue weighted by Gasteiger charge is 2.45. The van der Waals surface area contributed by atoms with Gasteiger partial charge in [-0.25, -0.2) is 0 Å². The summed E-state index contributed by atoms with van der Waals surface area (Å²) in [6, 6.07) is 0. The van der Waals surface area contributed by atoms with Crippen molar-refractivity contribution >= 4 is 11.8 Å². The largest absolute Gasteiger partial charge is 0.329 e. The van der Waals surface area contributed by atoms with Gasteiger partial charge in [0, 0.05) is 17.3 Å². The number of nitrogens with zero attached hydrogens (tertiary/aromatic N) is 1. The Morgan fingerprint density at radius 3 is 2.62 bits per heavy atom. The molecule has 2 aliphatic rings. The van der Waals surface area contributed by atoms with E-state index in [1.54, 1.807) is 0 Å². The van der Waals surface area contributed by atoms with Crippen molar-refractivity contribution < 1.29 is 0 Å². The van der Waals surface area contributed by atoms with E-state index >= 15 is 0 Å². The molecule has 2 N–H and O–H groups in total. The van der Waals surface area contributed by atoms with Crippen LogP contribution in [0.1, 0.15) is 26.2 Å². The Morgan fingerprint density at radius 2 is 2.15 bits per heavy atom. The molecule has 0 amide bonds. The normalized spacial score (nSPS) is 41.5. The van der Waals surface area contributed by atoms with Gasteiger partial charge in [0.15, 0.2) is 0 Å². The molecule has 0 bridgehead atoms. The first kappa shape index (κ1) is 9.81. The molecule has 0 spiro atoms. The average Bonchev–Trinajstić information content (AvgIpc) is 2.73. The van der Waals surface area contributed by atoms with Crippen LogP contribution in [0.4, 0.5) is 0 Å². The van der Waals surface area contributed by atoms with Gasteiger partial charge in [0.05, 0.1) is 0 Å². The van der Waals surface area contributed by atoms with Crippen LogP contribution in [0.2, 0.25) is 0 Å². The van der Waals surface area contributed by atoms with Gasteiger partial charge < -0.3 is 5.73 Å². The average molecular weight is 200 g/mol. The molecule has 3 heteroatoms. The molecule has 0 aromatic rings. The molecule has 76 valence electrons. The quantitative estimate of drug-likeness (QED) is 0.728. The van der Waals surface area contributed by atoms with Gasteiger partial charge in [-0.1, -0.05) is 6.92 Å². The molecule has 13 heavy (non-hydrogen) atoms. The fourth-order valence-corrected chi connectivity index (χ4v) is 4.24. The number of hydrogen-bond donors (Lipinski definition) is 1. The number of hydrogen-bond acceptors (Lipinski definition) is 3. The lowest BCUT2D eigenvalue weighted by molar-refractivity contribution is 0.128. The van der Waals surface area contributed by atoms with Crippen molar-refractivity contribution in [1.82, 2.24) is 4.90 Å². The molecule has 2 nitrogen and oxygen atoms in total. The lowest BCUT2D eigenvalue weighted by Crippen LogP contribution is -2.56. The summed E-state index contributed by atoms with van der Waals surface area (Å²) < 4.78 is 0. The van der Waals surface area contributed by atoms with E-state index in [9.17, 15) is 0 Å². The van der Waals surface area contributed by atoms with Crippen LogP contribution in [0.3, 0.4) is 0 Å². The highest BCUT2D eigenvalue weighted by molar-refractivity contribution is 8.00. The predicted molar refractivity (Wildman–Crippen MR) is 59.1 cm³/mol. The Morgan fingerprint density at radius 1 is 1.46 bits per heavy atom. The molecule has 2 saturated heterocycles. The van der Waals surface area contributed by atoms with Crippen molar-refractivity contribution in [3.8, 4) is 0 Å². The van der Waals surface area contributed by atoms with E-state index in [-0.39, 0.29) is 0 Å². The summed E-state index contributed by atoms with van der Waals surface area (Å²) in [6.07, 6.45) is 4.05. The fraction of sp³-hybridized carbons (Fsp3) is 1.00. The number of thioether (sulfide) groups is 1. The number of nitrogens with two attached hydrogens (primary N) is 1. The molecular formula is C10H20N2S. The summed E-state index contributed by atoms with van der Waals surface area (Å²) in [7, 11) is 0. The smallest absolute Gasteiger partial charge is 0.0455 e. The minimum Gasteiger partial charge on any atom is -0.329 e. The van der Waals surface area contributed by atoms with Crippen molar-refractivity contribution in [2.75, 3.05) is 25.4 Å². The van der Waals surface area contributed by atoms with E-state index < -0.39 is 0 Å². The zero-order valence-corrected chi connectivity index (χ0v) is 9.28. The lowest BCUT2D eigenvalue weighted by atomic mass is 9.91. The van der Waals surface area contributed by atoms with Gasteiger partial charge >= 0.3 is 0 Å². The van der Waals surface area contributed by atoms with Crippen LogP contribution in [0.25, 0.3) is 0 Å². The van der Waals surface area contributed by atoms with Gasteiger partial charge in [0.2, 0.25) is 0 Å². The summed E-state index contributed by atoms with van der Waals surface area (Å²) in [5, 5.41) is 0.732. The van der Waals surface area contributed by atoms with Crippen molar-refractivity contribution in [2.45, 2.75) is 37.0 Å². The van der Waals surface area contributed by atoms with Gasteiger partial charge in [-0.05, 0) is 38.1 Å². The Bertz CT molecular complexity index is 180. The first-order chi connectivity index (χ1) is 6.29. The number of likely N-dealkylation sites (tertiary alicyclic amines) is 1. The summed E-state index contributed by atoms with van der Waals surface area (Å²) in [4.78, 5) is 2.65. The topological polar surface area (TPSA) is 29.3 Å². The summed E-state index contributed by atoms with van der Waals surface area (Å²) in [5.74, 6) is 1.30. The molecule has 2 atom stereocenters. The molecule has 0 radical (unpaired) electrons. The van der Waals surface area contributed by atoms with Gasteiger partial charge in [-0.2, -0.15) is 11.8 Å².